The first-order valence-electron chi connectivity index (χ1n) is 5.32. The quantitative estimate of drug-likeness (QED) is 0.613. The van der Waals surface area contributed by atoms with Gasteiger partial charge in [-0.3, -0.25) is 4.79 Å². The summed E-state index contributed by atoms with van der Waals surface area (Å²) in [5.74, 6) is 0.697. The maximum absolute atomic E-state index is 11.0. The highest BCUT2D eigenvalue weighted by molar-refractivity contribution is 8.01. The first-order chi connectivity index (χ1) is 7.79. The smallest absolute Gasteiger partial charge is 0.316 e. The lowest BCUT2D eigenvalue weighted by atomic mass is 10.1. The molecule has 0 amide bonds. The van der Waals surface area contributed by atoms with Crippen LogP contribution in [0.2, 0.25) is 0 Å². The van der Waals surface area contributed by atoms with Gasteiger partial charge in [0.2, 0.25) is 0 Å². The maximum atomic E-state index is 11.0. The summed E-state index contributed by atoms with van der Waals surface area (Å²) in [6.45, 7) is 0. The first-order valence-corrected chi connectivity index (χ1v) is 7.13. The average molecular weight is 258 g/mol. The van der Waals surface area contributed by atoms with E-state index in [1.54, 1.807) is 11.3 Å². The highest BCUT2D eigenvalue weighted by Gasteiger charge is 2.21. The summed E-state index contributed by atoms with van der Waals surface area (Å²) in [5.41, 5.74) is 0. The van der Waals surface area contributed by atoms with Gasteiger partial charge < -0.3 is 4.74 Å². The fraction of sp³-hybridized carbons (Fsp3) is 0.700. The maximum Gasteiger partial charge on any atom is 0.316 e. The van der Waals surface area contributed by atoms with E-state index in [2.05, 4.69) is 14.9 Å². The van der Waals surface area contributed by atoms with Crippen molar-refractivity contribution >= 4 is 29.1 Å². The number of ether oxygens (including phenoxy) is 1. The molecule has 16 heavy (non-hydrogen) atoms. The van der Waals surface area contributed by atoms with E-state index in [0.717, 1.165) is 9.35 Å². The van der Waals surface area contributed by atoms with Crippen LogP contribution in [0.15, 0.2) is 4.34 Å². The molecule has 0 bridgehead atoms. The molecule has 0 aliphatic heterocycles. The molecule has 1 aliphatic carbocycles. The van der Waals surface area contributed by atoms with Gasteiger partial charge in [-0.25, -0.2) is 0 Å². The second-order valence-corrected chi connectivity index (χ2v) is 5.98. The summed E-state index contributed by atoms with van der Waals surface area (Å²) in [5, 5.41) is 9.42. The Balaban J connectivity index is 1.89. The molecular formula is C10H14N2O2S2. The SMILES string of the molecule is COC(=O)CSc1nnc(C2CCCC2)s1. The second-order valence-electron chi connectivity index (χ2n) is 3.75. The normalized spacial score (nSPS) is 16.6. The van der Waals surface area contributed by atoms with E-state index in [1.165, 1.54) is 44.6 Å². The summed E-state index contributed by atoms with van der Waals surface area (Å²) in [7, 11) is 1.40. The number of hydrogen-bond acceptors (Lipinski definition) is 6. The molecule has 88 valence electrons. The van der Waals surface area contributed by atoms with Crippen LogP contribution in [0, 0.1) is 0 Å². The Kier molecular flexibility index (Phi) is 4.17. The lowest BCUT2D eigenvalue weighted by Gasteiger charge is -2.00. The molecule has 0 unspecified atom stereocenters. The zero-order valence-electron chi connectivity index (χ0n) is 9.14. The summed E-state index contributed by atoms with van der Waals surface area (Å²) < 4.78 is 5.44. The van der Waals surface area contributed by atoms with Gasteiger partial charge in [-0.05, 0) is 12.8 Å². The van der Waals surface area contributed by atoms with Gasteiger partial charge in [-0.1, -0.05) is 35.9 Å². The molecule has 0 aromatic carbocycles. The van der Waals surface area contributed by atoms with Crippen molar-refractivity contribution in [2.75, 3.05) is 12.9 Å². The van der Waals surface area contributed by atoms with Crippen molar-refractivity contribution in [3.8, 4) is 0 Å². The van der Waals surface area contributed by atoms with Crippen LogP contribution in [0.5, 0.6) is 0 Å². The Morgan fingerprint density at radius 2 is 2.25 bits per heavy atom. The predicted molar refractivity (Wildman–Crippen MR) is 63.9 cm³/mol. The van der Waals surface area contributed by atoms with E-state index in [0.29, 0.717) is 11.7 Å². The molecule has 0 atom stereocenters. The zero-order chi connectivity index (χ0) is 11.4. The number of rotatable bonds is 4. The van der Waals surface area contributed by atoms with Crippen LogP contribution in [0.25, 0.3) is 0 Å². The molecule has 1 fully saturated rings. The van der Waals surface area contributed by atoms with Gasteiger partial charge in [0.05, 0.1) is 12.9 Å². The van der Waals surface area contributed by atoms with Gasteiger partial charge in [0.15, 0.2) is 4.34 Å². The molecule has 2 rings (SSSR count). The van der Waals surface area contributed by atoms with Crippen LogP contribution in [0.1, 0.15) is 36.6 Å². The Morgan fingerprint density at radius 3 is 2.94 bits per heavy atom. The van der Waals surface area contributed by atoms with Crippen molar-refractivity contribution in [1.82, 2.24) is 10.2 Å². The lowest BCUT2D eigenvalue weighted by Crippen LogP contribution is -2.02. The van der Waals surface area contributed by atoms with Crippen LogP contribution in [0.3, 0.4) is 0 Å². The van der Waals surface area contributed by atoms with E-state index in [1.807, 2.05) is 0 Å². The predicted octanol–water partition coefficient (Wildman–Crippen LogP) is 2.46. The van der Waals surface area contributed by atoms with Gasteiger partial charge in [-0.2, -0.15) is 0 Å². The molecular weight excluding hydrogens is 244 g/mol. The van der Waals surface area contributed by atoms with Crippen molar-refractivity contribution in [2.45, 2.75) is 35.9 Å². The van der Waals surface area contributed by atoms with E-state index in [9.17, 15) is 4.79 Å². The molecule has 0 radical (unpaired) electrons. The third kappa shape index (κ3) is 2.95. The molecule has 0 saturated heterocycles. The van der Waals surface area contributed by atoms with Crippen molar-refractivity contribution in [1.29, 1.82) is 0 Å². The van der Waals surface area contributed by atoms with Gasteiger partial charge >= 0.3 is 5.97 Å². The molecule has 4 nitrogen and oxygen atoms in total. The number of nitrogens with zero attached hydrogens (tertiary/aromatic N) is 2. The highest BCUT2D eigenvalue weighted by atomic mass is 32.2. The number of carbonyl (C=O) groups excluding carboxylic acids is 1. The molecule has 1 saturated carbocycles. The number of methoxy groups -OCH3 is 1. The number of carbonyl (C=O) groups is 1. The molecule has 0 N–H and O–H groups in total. The number of thioether (sulfide) groups is 1. The van der Waals surface area contributed by atoms with Crippen LogP contribution in [-0.2, 0) is 9.53 Å². The highest BCUT2D eigenvalue weighted by Crippen LogP contribution is 2.37. The largest absolute Gasteiger partial charge is 0.468 e. The minimum absolute atomic E-state index is 0.220. The fourth-order valence-corrected chi connectivity index (χ4v) is 3.67. The average Bonchev–Trinajstić information content (AvgIpc) is 2.95. The number of aromatic nitrogens is 2. The Labute approximate surface area is 103 Å². The minimum atomic E-state index is -0.220. The fourth-order valence-electron chi connectivity index (χ4n) is 1.80. The third-order valence-corrected chi connectivity index (χ3v) is 4.86. The second kappa shape index (κ2) is 5.63. The topological polar surface area (TPSA) is 52.1 Å². The van der Waals surface area contributed by atoms with Crippen LogP contribution in [0.4, 0.5) is 0 Å². The van der Waals surface area contributed by atoms with Crippen molar-refractivity contribution in [3.63, 3.8) is 0 Å². The summed E-state index contributed by atoms with van der Waals surface area (Å²) in [4.78, 5) is 11.0. The van der Waals surface area contributed by atoms with Gasteiger partial charge in [0.1, 0.15) is 5.01 Å². The Hall–Kier alpha value is -0.620. The van der Waals surface area contributed by atoms with Crippen LogP contribution in [-0.4, -0.2) is 29.0 Å². The van der Waals surface area contributed by atoms with E-state index < -0.39 is 0 Å². The first kappa shape index (κ1) is 11.9. The monoisotopic (exact) mass is 258 g/mol. The standard InChI is InChI=1S/C10H14N2O2S2/c1-14-8(13)6-15-10-12-11-9(16-10)7-4-2-3-5-7/h7H,2-6H2,1H3. The Bertz CT molecular complexity index is 361. The molecule has 1 aromatic heterocycles. The number of esters is 1. The summed E-state index contributed by atoms with van der Waals surface area (Å²) in [6.07, 6.45) is 5.07. The van der Waals surface area contributed by atoms with Crippen molar-refractivity contribution in [3.05, 3.63) is 5.01 Å². The van der Waals surface area contributed by atoms with Gasteiger partial charge in [0.25, 0.3) is 0 Å². The van der Waals surface area contributed by atoms with Crippen molar-refractivity contribution < 1.29 is 9.53 Å². The number of hydrogen-bond donors (Lipinski definition) is 0. The van der Waals surface area contributed by atoms with E-state index in [4.69, 9.17) is 0 Å². The van der Waals surface area contributed by atoms with Gasteiger partial charge in [0, 0.05) is 5.92 Å². The van der Waals surface area contributed by atoms with Crippen LogP contribution >= 0.6 is 23.1 Å². The zero-order valence-corrected chi connectivity index (χ0v) is 10.8. The third-order valence-electron chi connectivity index (χ3n) is 2.67. The minimum Gasteiger partial charge on any atom is -0.468 e. The van der Waals surface area contributed by atoms with E-state index in [-0.39, 0.29) is 5.97 Å². The van der Waals surface area contributed by atoms with E-state index >= 15 is 0 Å². The lowest BCUT2D eigenvalue weighted by molar-refractivity contribution is -0.137. The molecule has 1 heterocycles. The summed E-state index contributed by atoms with van der Waals surface area (Å²) in [6, 6.07) is 0. The van der Waals surface area contributed by atoms with Gasteiger partial charge in [-0.15, -0.1) is 10.2 Å². The van der Waals surface area contributed by atoms with Crippen LogP contribution < -0.4 is 0 Å². The van der Waals surface area contributed by atoms with Crippen molar-refractivity contribution in [2.24, 2.45) is 0 Å². The summed E-state index contributed by atoms with van der Waals surface area (Å²) >= 11 is 3.02. The molecule has 6 heteroatoms. The molecule has 0 spiro atoms. The molecule has 1 aromatic rings. The molecule has 1 aliphatic rings. The Morgan fingerprint density at radius 1 is 1.50 bits per heavy atom.